The number of hydrogen-bond acceptors (Lipinski definition) is 3. The zero-order valence-electron chi connectivity index (χ0n) is 16.5. The largest absolute Gasteiger partial charge is 0.348 e. The fourth-order valence-corrected chi connectivity index (χ4v) is 4.11. The normalized spacial score (nSPS) is 17.5. The van der Waals surface area contributed by atoms with Gasteiger partial charge in [0.1, 0.15) is 5.52 Å². The second-order valence-corrected chi connectivity index (χ2v) is 8.80. The first-order valence-corrected chi connectivity index (χ1v) is 10.5. The zero-order valence-corrected chi connectivity index (χ0v) is 17.2. The van der Waals surface area contributed by atoms with Crippen LogP contribution in [0.25, 0.3) is 16.8 Å². The van der Waals surface area contributed by atoms with Crippen molar-refractivity contribution in [2.75, 3.05) is 0 Å². The summed E-state index contributed by atoms with van der Waals surface area (Å²) in [7, 11) is 0. The highest BCUT2D eigenvalue weighted by molar-refractivity contribution is 6.31. The van der Waals surface area contributed by atoms with Crippen LogP contribution in [0, 0.1) is 12.8 Å². The van der Waals surface area contributed by atoms with Gasteiger partial charge in [-0.15, -0.1) is 0 Å². The van der Waals surface area contributed by atoms with Gasteiger partial charge in [-0.05, 0) is 63.0 Å². The quantitative estimate of drug-likeness (QED) is 0.665. The van der Waals surface area contributed by atoms with Gasteiger partial charge in [-0.2, -0.15) is 5.10 Å². The van der Waals surface area contributed by atoms with Gasteiger partial charge in [-0.1, -0.05) is 23.7 Å². The minimum Gasteiger partial charge on any atom is -0.348 e. The predicted molar refractivity (Wildman–Crippen MR) is 113 cm³/mol. The van der Waals surface area contributed by atoms with Crippen LogP contribution in [0.3, 0.4) is 0 Å². The number of aromatic amines is 1. The molecule has 0 bridgehead atoms. The van der Waals surface area contributed by atoms with Crippen molar-refractivity contribution in [2.24, 2.45) is 5.92 Å². The van der Waals surface area contributed by atoms with E-state index in [2.05, 4.69) is 15.4 Å². The van der Waals surface area contributed by atoms with Crippen LogP contribution in [0.4, 0.5) is 0 Å². The summed E-state index contributed by atoms with van der Waals surface area (Å²) in [4.78, 5) is 28.9. The van der Waals surface area contributed by atoms with Gasteiger partial charge in [0.05, 0.1) is 11.9 Å². The van der Waals surface area contributed by atoms with Crippen LogP contribution in [0.1, 0.15) is 60.1 Å². The van der Waals surface area contributed by atoms with Gasteiger partial charge in [-0.3, -0.25) is 9.59 Å². The van der Waals surface area contributed by atoms with E-state index in [0.717, 1.165) is 42.4 Å². The number of H-pyrrole nitrogens is 1. The maximum absolute atomic E-state index is 13.0. The molecule has 0 radical (unpaired) electrons. The number of halogens is 1. The van der Waals surface area contributed by atoms with Crippen LogP contribution in [-0.4, -0.2) is 26.5 Å². The number of hydrogen-bond donors (Lipinski definition) is 2. The standard InChI is InChI=1S/C22H23ClN4O2/c1-11-3-4-15(9-16(11)23)17-10-27-20(22(29)25-17)18(14-7-8-14)19(26-27)21(28)24-12(2)13-5-6-13/h3-4,9-10,12-14H,5-8H2,1-2H3,(H,24,28)(H,25,29)/t12-/m1/s1. The molecule has 0 spiro atoms. The van der Waals surface area contributed by atoms with Crippen molar-refractivity contribution in [1.82, 2.24) is 19.9 Å². The number of aromatic nitrogens is 3. The second kappa shape index (κ2) is 6.73. The molecule has 1 amide bonds. The molecule has 29 heavy (non-hydrogen) atoms. The number of fused-ring (bicyclic) bond motifs is 1. The average molecular weight is 411 g/mol. The van der Waals surface area contributed by atoms with Crippen LogP contribution < -0.4 is 10.9 Å². The Kier molecular flexibility index (Phi) is 4.28. The van der Waals surface area contributed by atoms with Gasteiger partial charge in [0.2, 0.25) is 0 Å². The van der Waals surface area contributed by atoms with Gasteiger partial charge in [-0.25, -0.2) is 4.52 Å². The Hall–Kier alpha value is -2.60. The minimum atomic E-state index is -0.233. The Morgan fingerprint density at radius 2 is 2.07 bits per heavy atom. The number of carbonyl (C=O) groups is 1. The molecule has 3 aromatic rings. The summed E-state index contributed by atoms with van der Waals surface area (Å²) in [6, 6.07) is 5.78. The Balaban J connectivity index is 1.60. The summed E-state index contributed by atoms with van der Waals surface area (Å²) in [6.07, 6.45) is 6.04. The average Bonchev–Trinajstić information content (AvgIpc) is 3.60. The van der Waals surface area contributed by atoms with Gasteiger partial charge >= 0.3 is 0 Å². The first-order chi connectivity index (χ1) is 13.9. The molecule has 2 aliphatic carbocycles. The Morgan fingerprint density at radius 1 is 1.31 bits per heavy atom. The number of amides is 1. The van der Waals surface area contributed by atoms with Crippen molar-refractivity contribution in [2.45, 2.75) is 51.5 Å². The van der Waals surface area contributed by atoms with E-state index in [4.69, 9.17) is 11.6 Å². The van der Waals surface area contributed by atoms with Crippen molar-refractivity contribution in [1.29, 1.82) is 0 Å². The van der Waals surface area contributed by atoms with E-state index in [1.54, 1.807) is 10.7 Å². The van der Waals surface area contributed by atoms with Crippen molar-refractivity contribution >= 4 is 23.0 Å². The van der Waals surface area contributed by atoms with Crippen LogP contribution >= 0.6 is 11.6 Å². The summed E-state index contributed by atoms with van der Waals surface area (Å²) < 4.78 is 1.56. The molecular formula is C22H23ClN4O2. The molecule has 0 aliphatic heterocycles. The molecule has 0 saturated heterocycles. The number of nitrogens with zero attached hydrogens (tertiary/aromatic N) is 2. The highest BCUT2D eigenvalue weighted by Gasteiger charge is 2.36. The van der Waals surface area contributed by atoms with Gasteiger partial charge < -0.3 is 10.3 Å². The lowest BCUT2D eigenvalue weighted by Crippen LogP contribution is -2.34. The number of nitrogens with one attached hydrogen (secondary N) is 2. The SMILES string of the molecule is Cc1ccc(-c2cn3nc(C(=O)N[C@H](C)C4CC4)c(C4CC4)c3c(=O)[nH]2)cc1Cl. The maximum Gasteiger partial charge on any atom is 0.274 e. The third-order valence-corrected chi connectivity index (χ3v) is 6.44. The maximum atomic E-state index is 13.0. The lowest BCUT2D eigenvalue weighted by Gasteiger charge is -2.12. The topological polar surface area (TPSA) is 79.3 Å². The lowest BCUT2D eigenvalue weighted by atomic mass is 10.1. The Morgan fingerprint density at radius 3 is 2.72 bits per heavy atom. The summed E-state index contributed by atoms with van der Waals surface area (Å²) in [5.74, 6) is 0.598. The van der Waals surface area contributed by atoms with E-state index >= 15 is 0 Å². The number of aryl methyl sites for hydroxylation is 1. The summed E-state index contributed by atoms with van der Waals surface area (Å²) in [5, 5.41) is 8.26. The van der Waals surface area contributed by atoms with Crippen molar-refractivity contribution in [3.05, 3.63) is 56.6 Å². The molecule has 2 heterocycles. The highest BCUT2D eigenvalue weighted by Crippen LogP contribution is 2.43. The molecule has 2 N–H and O–H groups in total. The third-order valence-electron chi connectivity index (χ3n) is 6.03. The highest BCUT2D eigenvalue weighted by atomic mass is 35.5. The summed E-state index contributed by atoms with van der Waals surface area (Å²) >= 11 is 6.25. The summed E-state index contributed by atoms with van der Waals surface area (Å²) in [6.45, 7) is 3.97. The van der Waals surface area contributed by atoms with E-state index in [0.29, 0.717) is 27.8 Å². The Labute approximate surface area is 173 Å². The summed E-state index contributed by atoms with van der Waals surface area (Å²) in [5.41, 5.74) is 3.79. The molecule has 2 fully saturated rings. The molecule has 6 nitrogen and oxygen atoms in total. The molecule has 150 valence electrons. The van der Waals surface area contributed by atoms with Crippen molar-refractivity contribution in [3.8, 4) is 11.3 Å². The molecule has 1 aromatic carbocycles. The van der Waals surface area contributed by atoms with Gasteiger partial charge in [0, 0.05) is 22.2 Å². The Bertz CT molecular complexity index is 1190. The molecule has 7 heteroatoms. The lowest BCUT2D eigenvalue weighted by molar-refractivity contribution is 0.0929. The fraction of sp³-hybridized carbons (Fsp3) is 0.409. The third kappa shape index (κ3) is 3.35. The van der Waals surface area contributed by atoms with Gasteiger partial charge in [0.15, 0.2) is 5.69 Å². The fourth-order valence-electron chi connectivity index (χ4n) is 3.93. The van der Waals surface area contributed by atoms with E-state index in [1.807, 2.05) is 32.0 Å². The smallest absolute Gasteiger partial charge is 0.274 e. The van der Waals surface area contributed by atoms with Crippen LogP contribution in [-0.2, 0) is 0 Å². The van der Waals surface area contributed by atoms with E-state index < -0.39 is 0 Å². The molecule has 5 rings (SSSR count). The van der Waals surface area contributed by atoms with E-state index in [9.17, 15) is 9.59 Å². The monoisotopic (exact) mass is 410 g/mol. The first kappa shape index (κ1) is 18.4. The molecule has 1 atom stereocenters. The van der Waals surface area contributed by atoms with Crippen LogP contribution in [0.5, 0.6) is 0 Å². The molecule has 2 aromatic heterocycles. The number of carbonyl (C=O) groups excluding carboxylic acids is 1. The molecular weight excluding hydrogens is 388 g/mol. The molecule has 2 aliphatic rings. The van der Waals surface area contributed by atoms with Gasteiger partial charge in [0.25, 0.3) is 11.5 Å². The van der Waals surface area contributed by atoms with E-state index in [-0.39, 0.29) is 23.4 Å². The number of benzene rings is 1. The van der Waals surface area contributed by atoms with Crippen LogP contribution in [0.15, 0.2) is 29.2 Å². The molecule has 2 saturated carbocycles. The van der Waals surface area contributed by atoms with Crippen molar-refractivity contribution in [3.63, 3.8) is 0 Å². The molecule has 0 unspecified atom stereocenters. The van der Waals surface area contributed by atoms with Crippen molar-refractivity contribution < 1.29 is 4.79 Å². The minimum absolute atomic E-state index is 0.128. The zero-order chi connectivity index (χ0) is 20.3. The van der Waals surface area contributed by atoms with E-state index in [1.165, 1.54) is 0 Å². The number of rotatable bonds is 5. The predicted octanol–water partition coefficient (Wildman–Crippen LogP) is 4.06. The first-order valence-electron chi connectivity index (χ1n) is 10.2. The second-order valence-electron chi connectivity index (χ2n) is 8.39. The van der Waals surface area contributed by atoms with Crippen LogP contribution in [0.2, 0.25) is 5.02 Å².